The zero-order chi connectivity index (χ0) is 13.8. The zero-order valence-corrected chi connectivity index (χ0v) is 12.9. The van der Waals surface area contributed by atoms with Crippen LogP contribution in [0.25, 0.3) is 10.2 Å². The Morgan fingerprint density at radius 2 is 2.16 bits per heavy atom. The second-order valence-corrected chi connectivity index (χ2v) is 6.18. The van der Waals surface area contributed by atoms with Gasteiger partial charge < -0.3 is 10.1 Å². The van der Waals surface area contributed by atoms with Crippen LogP contribution < -0.4 is 5.32 Å². The minimum atomic E-state index is 0.307. The maximum Gasteiger partial charge on any atom is 0.184 e. The molecule has 0 saturated carbocycles. The van der Waals surface area contributed by atoms with E-state index < -0.39 is 0 Å². The molecule has 0 aliphatic carbocycles. The highest BCUT2D eigenvalue weighted by Gasteiger charge is 2.15. The van der Waals surface area contributed by atoms with Gasteiger partial charge in [0.05, 0.1) is 22.9 Å². The van der Waals surface area contributed by atoms with Crippen molar-refractivity contribution in [1.29, 1.82) is 0 Å². The van der Waals surface area contributed by atoms with Crippen LogP contribution in [0.15, 0.2) is 18.2 Å². The van der Waals surface area contributed by atoms with E-state index in [1.54, 1.807) is 11.3 Å². The summed E-state index contributed by atoms with van der Waals surface area (Å²) in [6.07, 6.45) is 0. The molecule has 0 bridgehead atoms. The Balaban J connectivity index is 2.14. The van der Waals surface area contributed by atoms with Crippen LogP contribution in [-0.4, -0.2) is 24.2 Å². The fraction of sp³-hybridized carbons (Fsp3) is 0.533. The van der Waals surface area contributed by atoms with Crippen LogP contribution in [0.3, 0.4) is 0 Å². The molecule has 1 atom stereocenters. The quantitative estimate of drug-likeness (QED) is 0.864. The summed E-state index contributed by atoms with van der Waals surface area (Å²) in [4.78, 5) is 4.64. The van der Waals surface area contributed by atoms with E-state index in [1.807, 2.05) is 6.92 Å². The van der Waals surface area contributed by atoms with Gasteiger partial charge in [-0.25, -0.2) is 4.98 Å². The van der Waals surface area contributed by atoms with Crippen LogP contribution in [0, 0.1) is 12.8 Å². The van der Waals surface area contributed by atoms with Gasteiger partial charge in [0, 0.05) is 6.61 Å². The molecule has 0 saturated heterocycles. The predicted octanol–water partition coefficient (Wildman–Crippen LogP) is 4.08. The van der Waals surface area contributed by atoms with Crippen molar-refractivity contribution in [3.8, 4) is 0 Å². The molecule has 1 N–H and O–H groups in total. The number of benzene rings is 1. The molecule has 2 rings (SSSR count). The van der Waals surface area contributed by atoms with Crippen molar-refractivity contribution in [3.05, 3.63) is 23.8 Å². The van der Waals surface area contributed by atoms with Crippen molar-refractivity contribution in [3.63, 3.8) is 0 Å². The molecule has 0 fully saturated rings. The van der Waals surface area contributed by atoms with Gasteiger partial charge in [0.25, 0.3) is 0 Å². The average Bonchev–Trinajstić information content (AvgIpc) is 2.75. The number of ether oxygens (including phenoxy) is 1. The van der Waals surface area contributed by atoms with E-state index in [9.17, 15) is 0 Å². The molecule has 4 heteroatoms. The van der Waals surface area contributed by atoms with Crippen LogP contribution in [0.5, 0.6) is 0 Å². The third-order valence-electron chi connectivity index (χ3n) is 3.16. The number of rotatable bonds is 6. The lowest BCUT2D eigenvalue weighted by Gasteiger charge is -2.21. The Bertz CT molecular complexity index is 536. The molecular formula is C15H22N2OS. The molecule has 1 unspecified atom stereocenters. The largest absolute Gasteiger partial charge is 0.380 e. The summed E-state index contributed by atoms with van der Waals surface area (Å²) in [5.74, 6) is 0.514. The number of hydrogen-bond acceptors (Lipinski definition) is 4. The van der Waals surface area contributed by atoms with Gasteiger partial charge in [0.15, 0.2) is 5.13 Å². The number of anilines is 1. The maximum absolute atomic E-state index is 5.54. The highest BCUT2D eigenvalue weighted by atomic mass is 32.1. The minimum absolute atomic E-state index is 0.307. The van der Waals surface area contributed by atoms with Gasteiger partial charge in [-0.05, 0) is 37.5 Å². The number of aromatic nitrogens is 1. The van der Waals surface area contributed by atoms with Crippen molar-refractivity contribution in [2.45, 2.75) is 33.7 Å². The first-order chi connectivity index (χ1) is 9.10. The van der Waals surface area contributed by atoms with Gasteiger partial charge in [0.2, 0.25) is 0 Å². The number of hydrogen-bond donors (Lipinski definition) is 1. The number of aryl methyl sites for hydroxylation is 1. The third-order valence-corrected chi connectivity index (χ3v) is 4.11. The molecule has 1 aromatic heterocycles. The standard InChI is InChI=1S/C15H22N2OS/c1-5-18-9-13(10(2)3)17-15-16-12-7-6-11(4)8-14(12)19-15/h6-8,10,13H,5,9H2,1-4H3,(H,16,17). The molecular weight excluding hydrogens is 256 g/mol. The first-order valence-electron chi connectivity index (χ1n) is 6.81. The second kappa shape index (κ2) is 6.35. The van der Waals surface area contributed by atoms with Gasteiger partial charge >= 0.3 is 0 Å². The molecule has 0 aliphatic heterocycles. The molecule has 1 aromatic carbocycles. The van der Waals surface area contributed by atoms with Crippen molar-refractivity contribution < 1.29 is 4.74 Å². The van der Waals surface area contributed by atoms with Gasteiger partial charge in [-0.1, -0.05) is 31.3 Å². The summed E-state index contributed by atoms with van der Waals surface area (Å²) in [5, 5.41) is 4.49. The Morgan fingerprint density at radius 1 is 1.37 bits per heavy atom. The van der Waals surface area contributed by atoms with E-state index in [1.165, 1.54) is 10.3 Å². The molecule has 0 radical (unpaired) electrons. The summed E-state index contributed by atoms with van der Waals surface area (Å²) < 4.78 is 6.77. The molecule has 0 aliphatic rings. The van der Waals surface area contributed by atoms with E-state index in [0.29, 0.717) is 12.0 Å². The van der Waals surface area contributed by atoms with Gasteiger partial charge in [0.1, 0.15) is 0 Å². The monoisotopic (exact) mass is 278 g/mol. The van der Waals surface area contributed by atoms with Crippen LogP contribution in [0.1, 0.15) is 26.3 Å². The molecule has 0 spiro atoms. The average molecular weight is 278 g/mol. The number of nitrogens with one attached hydrogen (secondary N) is 1. The van der Waals surface area contributed by atoms with E-state index in [2.05, 4.69) is 49.3 Å². The number of nitrogens with zero attached hydrogens (tertiary/aromatic N) is 1. The molecule has 19 heavy (non-hydrogen) atoms. The highest BCUT2D eigenvalue weighted by molar-refractivity contribution is 7.22. The Kier molecular flexibility index (Phi) is 4.77. The topological polar surface area (TPSA) is 34.1 Å². The normalized spacial score (nSPS) is 13.1. The van der Waals surface area contributed by atoms with Crippen molar-refractivity contribution in [2.24, 2.45) is 5.92 Å². The number of fused-ring (bicyclic) bond motifs is 1. The lowest BCUT2D eigenvalue weighted by Crippen LogP contribution is -2.30. The fourth-order valence-corrected chi connectivity index (χ4v) is 2.92. The van der Waals surface area contributed by atoms with Crippen LogP contribution in [0.4, 0.5) is 5.13 Å². The Hall–Kier alpha value is -1.13. The SMILES string of the molecule is CCOCC(Nc1nc2ccc(C)cc2s1)C(C)C. The summed E-state index contributed by atoms with van der Waals surface area (Å²) in [5.41, 5.74) is 2.34. The van der Waals surface area contributed by atoms with E-state index in [4.69, 9.17) is 4.74 Å². The minimum Gasteiger partial charge on any atom is -0.380 e. The van der Waals surface area contributed by atoms with Crippen molar-refractivity contribution >= 4 is 26.7 Å². The molecule has 1 heterocycles. The fourth-order valence-electron chi connectivity index (χ4n) is 1.90. The lowest BCUT2D eigenvalue weighted by molar-refractivity contribution is 0.127. The molecule has 2 aromatic rings. The first-order valence-corrected chi connectivity index (χ1v) is 7.63. The number of thiazole rings is 1. The Labute approximate surface area is 119 Å². The predicted molar refractivity (Wildman–Crippen MR) is 83.1 cm³/mol. The summed E-state index contributed by atoms with van der Waals surface area (Å²) >= 11 is 1.71. The van der Waals surface area contributed by atoms with Crippen LogP contribution in [0.2, 0.25) is 0 Å². The van der Waals surface area contributed by atoms with Gasteiger partial charge in [-0.15, -0.1) is 0 Å². The highest BCUT2D eigenvalue weighted by Crippen LogP contribution is 2.27. The molecule has 3 nitrogen and oxygen atoms in total. The summed E-state index contributed by atoms with van der Waals surface area (Å²) in [7, 11) is 0. The zero-order valence-electron chi connectivity index (χ0n) is 12.1. The lowest BCUT2D eigenvalue weighted by atomic mass is 10.1. The summed E-state index contributed by atoms with van der Waals surface area (Å²) in [6.45, 7) is 10.0. The molecule has 0 amide bonds. The van der Waals surface area contributed by atoms with E-state index >= 15 is 0 Å². The Morgan fingerprint density at radius 3 is 2.84 bits per heavy atom. The summed E-state index contributed by atoms with van der Waals surface area (Å²) in [6, 6.07) is 6.68. The van der Waals surface area contributed by atoms with Crippen LogP contribution >= 0.6 is 11.3 Å². The second-order valence-electron chi connectivity index (χ2n) is 5.14. The van der Waals surface area contributed by atoms with E-state index in [0.717, 1.165) is 23.9 Å². The van der Waals surface area contributed by atoms with Gasteiger partial charge in [-0.3, -0.25) is 0 Å². The maximum atomic E-state index is 5.54. The third kappa shape index (κ3) is 3.67. The van der Waals surface area contributed by atoms with Crippen molar-refractivity contribution in [2.75, 3.05) is 18.5 Å². The smallest absolute Gasteiger partial charge is 0.184 e. The van der Waals surface area contributed by atoms with Crippen molar-refractivity contribution in [1.82, 2.24) is 4.98 Å². The first kappa shape index (κ1) is 14.3. The van der Waals surface area contributed by atoms with Crippen LogP contribution in [-0.2, 0) is 4.74 Å². The van der Waals surface area contributed by atoms with E-state index in [-0.39, 0.29) is 0 Å². The molecule has 104 valence electrons. The van der Waals surface area contributed by atoms with Gasteiger partial charge in [-0.2, -0.15) is 0 Å².